The second-order valence-corrected chi connectivity index (χ2v) is 4.01. The predicted octanol–water partition coefficient (Wildman–Crippen LogP) is 3.73. The number of carbonyl (C=O) groups is 1. The fraction of sp³-hybridized carbons (Fsp3) is 0.357. The number of ketones is 1. The SMILES string of the molecule is CCCCC=C1CC(=O)c2ccccc2O1. The molecule has 0 amide bonds. The van der Waals surface area contributed by atoms with E-state index in [-0.39, 0.29) is 5.78 Å². The Kier molecular flexibility index (Phi) is 3.40. The van der Waals surface area contributed by atoms with Crippen LogP contribution in [0.15, 0.2) is 36.1 Å². The molecular weight excluding hydrogens is 200 g/mol. The van der Waals surface area contributed by atoms with Crippen molar-refractivity contribution in [2.45, 2.75) is 32.6 Å². The molecular formula is C14H16O2. The first-order valence-corrected chi connectivity index (χ1v) is 5.80. The summed E-state index contributed by atoms with van der Waals surface area (Å²) in [4.78, 5) is 11.8. The lowest BCUT2D eigenvalue weighted by Crippen LogP contribution is -2.13. The van der Waals surface area contributed by atoms with Gasteiger partial charge in [0.05, 0.1) is 12.0 Å². The van der Waals surface area contributed by atoms with Crippen LogP contribution in [-0.4, -0.2) is 5.78 Å². The van der Waals surface area contributed by atoms with Crippen LogP contribution < -0.4 is 4.74 Å². The molecule has 0 radical (unpaired) electrons. The van der Waals surface area contributed by atoms with Crippen molar-refractivity contribution in [2.75, 3.05) is 0 Å². The number of Topliss-reactive ketones (excluding diaryl/α,β-unsaturated/α-hetero) is 1. The van der Waals surface area contributed by atoms with E-state index in [0.29, 0.717) is 17.7 Å². The van der Waals surface area contributed by atoms with Gasteiger partial charge >= 0.3 is 0 Å². The van der Waals surface area contributed by atoms with Crippen molar-refractivity contribution in [1.82, 2.24) is 0 Å². The van der Waals surface area contributed by atoms with E-state index in [9.17, 15) is 4.79 Å². The lowest BCUT2D eigenvalue weighted by Gasteiger charge is -2.18. The number of fused-ring (bicyclic) bond motifs is 1. The zero-order chi connectivity index (χ0) is 11.4. The highest BCUT2D eigenvalue weighted by Gasteiger charge is 2.20. The van der Waals surface area contributed by atoms with Gasteiger partial charge in [0.15, 0.2) is 5.78 Å². The summed E-state index contributed by atoms with van der Waals surface area (Å²) in [6.45, 7) is 2.15. The number of ether oxygens (including phenoxy) is 1. The number of hydrogen-bond donors (Lipinski definition) is 0. The summed E-state index contributed by atoms with van der Waals surface area (Å²) in [5.74, 6) is 1.66. The second kappa shape index (κ2) is 4.97. The Bertz CT molecular complexity index is 418. The maximum atomic E-state index is 11.8. The van der Waals surface area contributed by atoms with Crippen molar-refractivity contribution in [3.63, 3.8) is 0 Å². The van der Waals surface area contributed by atoms with Gasteiger partial charge in [-0.05, 0) is 31.1 Å². The third kappa shape index (κ3) is 2.32. The molecule has 0 bridgehead atoms. The third-order valence-electron chi connectivity index (χ3n) is 2.69. The van der Waals surface area contributed by atoms with Crippen LogP contribution in [0.5, 0.6) is 5.75 Å². The molecule has 1 aromatic rings. The largest absolute Gasteiger partial charge is 0.461 e. The highest BCUT2D eigenvalue weighted by Crippen LogP contribution is 2.29. The average molecular weight is 216 g/mol. The number of unbranched alkanes of at least 4 members (excludes halogenated alkanes) is 2. The summed E-state index contributed by atoms with van der Waals surface area (Å²) >= 11 is 0. The molecule has 2 rings (SSSR count). The van der Waals surface area contributed by atoms with Crippen LogP contribution >= 0.6 is 0 Å². The van der Waals surface area contributed by atoms with E-state index in [4.69, 9.17) is 4.74 Å². The molecule has 84 valence electrons. The maximum absolute atomic E-state index is 11.8. The third-order valence-corrected chi connectivity index (χ3v) is 2.69. The van der Waals surface area contributed by atoms with Gasteiger partial charge in [-0.1, -0.05) is 25.5 Å². The fourth-order valence-electron chi connectivity index (χ4n) is 1.80. The molecule has 0 spiro atoms. The van der Waals surface area contributed by atoms with Crippen molar-refractivity contribution < 1.29 is 9.53 Å². The van der Waals surface area contributed by atoms with Crippen LogP contribution in [0.1, 0.15) is 43.0 Å². The van der Waals surface area contributed by atoms with Gasteiger partial charge in [0.25, 0.3) is 0 Å². The Morgan fingerprint density at radius 2 is 2.19 bits per heavy atom. The molecule has 0 fully saturated rings. The molecule has 0 saturated carbocycles. The van der Waals surface area contributed by atoms with Crippen LogP contribution in [0.2, 0.25) is 0 Å². The minimum Gasteiger partial charge on any atom is -0.461 e. The van der Waals surface area contributed by atoms with Crippen LogP contribution in [0.4, 0.5) is 0 Å². The normalized spacial score (nSPS) is 17.1. The quantitative estimate of drug-likeness (QED) is 0.720. The van der Waals surface area contributed by atoms with Gasteiger partial charge < -0.3 is 4.74 Å². The molecule has 1 aromatic carbocycles. The standard InChI is InChI=1S/C14H16O2/c1-2-3-4-7-11-10-13(15)12-8-5-6-9-14(12)16-11/h5-9H,2-4,10H2,1H3. The van der Waals surface area contributed by atoms with Crippen LogP contribution in [0.25, 0.3) is 0 Å². The number of carbonyl (C=O) groups excluding carboxylic acids is 1. The van der Waals surface area contributed by atoms with Crippen molar-refractivity contribution in [3.05, 3.63) is 41.7 Å². The summed E-state index contributed by atoms with van der Waals surface area (Å²) in [7, 11) is 0. The Balaban J connectivity index is 2.15. The lowest BCUT2D eigenvalue weighted by molar-refractivity contribution is 0.0964. The van der Waals surface area contributed by atoms with E-state index < -0.39 is 0 Å². The van der Waals surface area contributed by atoms with Crippen molar-refractivity contribution in [1.29, 1.82) is 0 Å². The van der Waals surface area contributed by atoms with E-state index in [2.05, 4.69) is 6.92 Å². The lowest BCUT2D eigenvalue weighted by atomic mass is 10.0. The summed E-state index contributed by atoms with van der Waals surface area (Å²) in [5, 5.41) is 0. The molecule has 0 aromatic heterocycles. The molecule has 0 unspecified atom stereocenters. The smallest absolute Gasteiger partial charge is 0.174 e. The summed E-state index contributed by atoms with van der Waals surface area (Å²) in [6.07, 6.45) is 5.73. The number of para-hydroxylation sites is 1. The monoisotopic (exact) mass is 216 g/mol. The zero-order valence-electron chi connectivity index (χ0n) is 9.53. The topological polar surface area (TPSA) is 26.3 Å². The summed E-state index contributed by atoms with van der Waals surface area (Å²) < 4.78 is 5.69. The Labute approximate surface area is 95.9 Å². The number of hydrogen-bond acceptors (Lipinski definition) is 2. The molecule has 1 aliphatic rings. The molecule has 16 heavy (non-hydrogen) atoms. The Hall–Kier alpha value is -1.57. The average Bonchev–Trinajstić information content (AvgIpc) is 2.30. The predicted molar refractivity (Wildman–Crippen MR) is 63.6 cm³/mol. The molecule has 0 N–H and O–H groups in total. The molecule has 1 aliphatic heterocycles. The number of allylic oxidation sites excluding steroid dienone is 2. The van der Waals surface area contributed by atoms with Crippen LogP contribution in [0, 0.1) is 0 Å². The van der Waals surface area contributed by atoms with Crippen molar-refractivity contribution in [2.24, 2.45) is 0 Å². The molecule has 1 heterocycles. The van der Waals surface area contributed by atoms with E-state index >= 15 is 0 Å². The van der Waals surface area contributed by atoms with E-state index in [0.717, 1.165) is 25.0 Å². The number of benzene rings is 1. The summed E-state index contributed by atoms with van der Waals surface area (Å²) in [6, 6.07) is 7.42. The highest BCUT2D eigenvalue weighted by atomic mass is 16.5. The van der Waals surface area contributed by atoms with Gasteiger partial charge in [0.2, 0.25) is 0 Å². The highest BCUT2D eigenvalue weighted by molar-refractivity contribution is 6.01. The minimum atomic E-state index is 0.157. The Morgan fingerprint density at radius 1 is 1.38 bits per heavy atom. The van der Waals surface area contributed by atoms with E-state index in [1.54, 1.807) is 0 Å². The van der Waals surface area contributed by atoms with Gasteiger partial charge in [-0.15, -0.1) is 0 Å². The molecule has 2 nitrogen and oxygen atoms in total. The van der Waals surface area contributed by atoms with Crippen molar-refractivity contribution in [3.8, 4) is 5.75 Å². The van der Waals surface area contributed by atoms with Gasteiger partial charge in [0.1, 0.15) is 11.5 Å². The summed E-state index contributed by atoms with van der Waals surface area (Å²) in [5.41, 5.74) is 0.704. The molecule has 0 saturated heterocycles. The van der Waals surface area contributed by atoms with Gasteiger partial charge in [-0.2, -0.15) is 0 Å². The first kappa shape index (κ1) is 10.9. The minimum absolute atomic E-state index is 0.157. The maximum Gasteiger partial charge on any atom is 0.174 e. The second-order valence-electron chi connectivity index (χ2n) is 4.01. The van der Waals surface area contributed by atoms with Crippen LogP contribution in [-0.2, 0) is 0 Å². The fourth-order valence-corrected chi connectivity index (χ4v) is 1.80. The Morgan fingerprint density at radius 3 is 3.00 bits per heavy atom. The van der Waals surface area contributed by atoms with Gasteiger partial charge in [-0.25, -0.2) is 0 Å². The first-order chi connectivity index (χ1) is 7.81. The van der Waals surface area contributed by atoms with Crippen LogP contribution in [0.3, 0.4) is 0 Å². The van der Waals surface area contributed by atoms with E-state index in [1.165, 1.54) is 0 Å². The zero-order valence-corrected chi connectivity index (χ0v) is 9.53. The molecule has 0 atom stereocenters. The molecule has 2 heteroatoms. The van der Waals surface area contributed by atoms with Gasteiger partial charge in [0, 0.05) is 0 Å². The molecule has 0 aliphatic carbocycles. The first-order valence-electron chi connectivity index (χ1n) is 5.80. The van der Waals surface area contributed by atoms with Gasteiger partial charge in [-0.3, -0.25) is 4.79 Å². The van der Waals surface area contributed by atoms with E-state index in [1.807, 2.05) is 30.3 Å². The number of rotatable bonds is 3. The van der Waals surface area contributed by atoms with Crippen molar-refractivity contribution >= 4 is 5.78 Å².